The lowest BCUT2D eigenvalue weighted by atomic mass is 10.2. The second kappa shape index (κ2) is 7.23. The molecule has 3 aromatic heterocycles. The number of aromatic nitrogens is 7. The second-order valence-electron chi connectivity index (χ2n) is 6.18. The molecule has 0 fully saturated rings. The molecule has 0 saturated heterocycles. The molecule has 3 heterocycles. The summed E-state index contributed by atoms with van der Waals surface area (Å²) in [6.07, 6.45) is 1.82. The summed E-state index contributed by atoms with van der Waals surface area (Å²) in [6.45, 7) is 6.72. The van der Waals surface area contributed by atoms with Crippen LogP contribution in [0.1, 0.15) is 38.3 Å². The van der Waals surface area contributed by atoms with E-state index in [1.54, 1.807) is 10.0 Å². The fourth-order valence-electron chi connectivity index (χ4n) is 2.23. The molecule has 0 spiro atoms. The van der Waals surface area contributed by atoms with Crippen LogP contribution in [-0.2, 0) is 17.9 Å². The normalized spacial score (nSPS) is 13.0. The lowest BCUT2D eigenvalue weighted by Gasteiger charge is -2.20. The van der Waals surface area contributed by atoms with Gasteiger partial charge in [0.05, 0.1) is 24.5 Å². The van der Waals surface area contributed by atoms with Crippen molar-refractivity contribution < 1.29 is 4.79 Å². The number of fused-ring (bicyclic) bond motifs is 1. The van der Waals surface area contributed by atoms with Crippen molar-refractivity contribution in [1.29, 1.82) is 0 Å². The Bertz CT molecular complexity index is 823. The van der Waals surface area contributed by atoms with Crippen molar-refractivity contribution in [2.45, 2.75) is 45.9 Å². The number of tetrazole rings is 1. The van der Waals surface area contributed by atoms with Gasteiger partial charge in [-0.2, -0.15) is 5.10 Å². The summed E-state index contributed by atoms with van der Waals surface area (Å²) in [5, 5.41) is 18.7. The minimum absolute atomic E-state index is 0.0685. The molecule has 0 saturated carbocycles. The number of rotatable bonds is 7. The van der Waals surface area contributed by atoms with Crippen LogP contribution >= 0.6 is 11.3 Å². The summed E-state index contributed by atoms with van der Waals surface area (Å²) in [7, 11) is 1.99. The molecule has 134 valence electrons. The first-order valence-corrected chi connectivity index (χ1v) is 8.85. The van der Waals surface area contributed by atoms with Gasteiger partial charge in [0.1, 0.15) is 12.1 Å². The number of nitrogens with one attached hydrogen (secondary N) is 1. The average molecular weight is 363 g/mol. The Morgan fingerprint density at radius 1 is 1.40 bits per heavy atom. The number of amides is 1. The van der Waals surface area contributed by atoms with Gasteiger partial charge < -0.3 is 5.32 Å². The lowest BCUT2D eigenvalue weighted by molar-refractivity contribution is -0.122. The van der Waals surface area contributed by atoms with Crippen molar-refractivity contribution in [3.05, 3.63) is 23.2 Å². The van der Waals surface area contributed by atoms with E-state index in [-0.39, 0.29) is 18.5 Å². The Kier molecular flexibility index (Phi) is 5.04. The summed E-state index contributed by atoms with van der Waals surface area (Å²) >= 11 is 1.45. The Morgan fingerprint density at radius 2 is 2.20 bits per heavy atom. The number of carbonyl (C=O) groups is 1. The number of nitrogens with zero attached hydrogens (tertiary/aromatic N) is 8. The van der Waals surface area contributed by atoms with E-state index in [9.17, 15) is 4.79 Å². The van der Waals surface area contributed by atoms with Gasteiger partial charge >= 0.3 is 0 Å². The van der Waals surface area contributed by atoms with Crippen molar-refractivity contribution in [1.82, 2.24) is 45.0 Å². The SMILES string of the molecule is CC(C)N(C)Cc1nnnn1CC(=O)N[C@H](C)c1cn2ncsc2n1. The van der Waals surface area contributed by atoms with Gasteiger partial charge in [0.2, 0.25) is 10.9 Å². The topological polar surface area (TPSA) is 106 Å². The molecule has 3 rings (SSSR count). The zero-order valence-corrected chi connectivity index (χ0v) is 15.4. The van der Waals surface area contributed by atoms with E-state index in [0.717, 1.165) is 10.7 Å². The van der Waals surface area contributed by atoms with Crippen LogP contribution in [0.3, 0.4) is 0 Å². The molecule has 1 atom stereocenters. The predicted octanol–water partition coefficient (Wildman–Crippen LogP) is 0.495. The summed E-state index contributed by atoms with van der Waals surface area (Å²) in [5.74, 6) is 0.489. The standard InChI is InChI=1S/C14H21N9OS/c1-9(2)21(4)6-12-18-19-20-22(12)7-13(24)16-10(3)11-5-23-14(17-11)25-8-15-23/h5,8-10H,6-7H2,1-4H3,(H,16,24)/t10-/m1/s1. The Morgan fingerprint density at radius 3 is 2.92 bits per heavy atom. The van der Waals surface area contributed by atoms with Gasteiger partial charge in [0.15, 0.2) is 5.82 Å². The van der Waals surface area contributed by atoms with Crippen molar-refractivity contribution in [2.75, 3.05) is 7.05 Å². The third-order valence-corrected chi connectivity index (χ3v) is 4.69. The highest BCUT2D eigenvalue weighted by molar-refractivity contribution is 7.14. The molecule has 0 aliphatic carbocycles. The first-order chi connectivity index (χ1) is 11.9. The average Bonchev–Trinajstić information content (AvgIpc) is 3.23. The largest absolute Gasteiger partial charge is 0.346 e. The molecule has 0 unspecified atom stereocenters. The summed E-state index contributed by atoms with van der Waals surface area (Å²) < 4.78 is 3.22. The van der Waals surface area contributed by atoms with Gasteiger partial charge in [-0.15, -0.1) is 5.10 Å². The molecule has 0 aliphatic rings. The first-order valence-electron chi connectivity index (χ1n) is 7.97. The quantitative estimate of drug-likeness (QED) is 0.651. The minimum atomic E-state index is -0.223. The van der Waals surface area contributed by atoms with E-state index in [0.29, 0.717) is 18.4 Å². The molecule has 0 radical (unpaired) electrons. The molecule has 11 heteroatoms. The van der Waals surface area contributed by atoms with Crippen molar-refractivity contribution >= 4 is 22.2 Å². The van der Waals surface area contributed by atoms with Crippen LogP contribution in [0.15, 0.2) is 11.7 Å². The fraction of sp³-hybridized carbons (Fsp3) is 0.571. The molecule has 0 bridgehead atoms. The number of hydrogen-bond donors (Lipinski definition) is 1. The van der Waals surface area contributed by atoms with E-state index in [4.69, 9.17) is 0 Å². The zero-order chi connectivity index (χ0) is 18.0. The number of hydrogen-bond acceptors (Lipinski definition) is 8. The Hall–Kier alpha value is -2.40. The number of imidazole rings is 1. The highest BCUT2D eigenvalue weighted by atomic mass is 32.1. The van der Waals surface area contributed by atoms with Crippen molar-refractivity contribution in [3.8, 4) is 0 Å². The van der Waals surface area contributed by atoms with E-state index in [1.807, 2.05) is 20.2 Å². The van der Waals surface area contributed by atoms with Crippen molar-refractivity contribution in [3.63, 3.8) is 0 Å². The molecule has 1 amide bonds. The number of carbonyl (C=O) groups excluding carboxylic acids is 1. The molecule has 3 aromatic rings. The lowest BCUT2D eigenvalue weighted by Crippen LogP contribution is -2.32. The molecule has 1 N–H and O–H groups in total. The van der Waals surface area contributed by atoms with Crippen LogP contribution in [-0.4, -0.2) is 58.7 Å². The Labute approximate surface area is 148 Å². The second-order valence-corrected chi connectivity index (χ2v) is 6.99. The molecule has 0 aromatic carbocycles. The van der Waals surface area contributed by atoms with Gasteiger partial charge in [0.25, 0.3) is 0 Å². The minimum Gasteiger partial charge on any atom is -0.346 e. The maximum absolute atomic E-state index is 12.3. The van der Waals surface area contributed by atoms with Crippen LogP contribution in [0.25, 0.3) is 4.96 Å². The van der Waals surface area contributed by atoms with Gasteiger partial charge in [-0.05, 0) is 38.2 Å². The van der Waals surface area contributed by atoms with E-state index < -0.39 is 0 Å². The molecular formula is C14H21N9OS. The highest BCUT2D eigenvalue weighted by Gasteiger charge is 2.17. The van der Waals surface area contributed by atoms with Crippen LogP contribution in [0, 0.1) is 0 Å². The van der Waals surface area contributed by atoms with Crippen LogP contribution in [0.4, 0.5) is 0 Å². The zero-order valence-electron chi connectivity index (χ0n) is 14.6. The Balaban J connectivity index is 1.61. The highest BCUT2D eigenvalue weighted by Crippen LogP contribution is 2.15. The van der Waals surface area contributed by atoms with Crippen LogP contribution in [0.5, 0.6) is 0 Å². The molecule has 0 aliphatic heterocycles. The third-order valence-electron chi connectivity index (χ3n) is 4.00. The van der Waals surface area contributed by atoms with E-state index >= 15 is 0 Å². The fourth-order valence-corrected chi connectivity index (χ4v) is 2.84. The monoisotopic (exact) mass is 363 g/mol. The van der Waals surface area contributed by atoms with E-state index in [2.05, 4.69) is 49.7 Å². The molecule has 10 nitrogen and oxygen atoms in total. The first kappa shape index (κ1) is 17.4. The predicted molar refractivity (Wildman–Crippen MR) is 91.8 cm³/mol. The maximum Gasteiger partial charge on any atom is 0.242 e. The maximum atomic E-state index is 12.3. The van der Waals surface area contributed by atoms with Gasteiger partial charge in [-0.1, -0.05) is 11.3 Å². The summed E-state index contributed by atoms with van der Waals surface area (Å²) in [4.78, 5) is 19.7. The smallest absolute Gasteiger partial charge is 0.242 e. The summed E-state index contributed by atoms with van der Waals surface area (Å²) in [6, 6.07) is 0.141. The third kappa shape index (κ3) is 3.99. The molecular weight excluding hydrogens is 342 g/mol. The van der Waals surface area contributed by atoms with Gasteiger partial charge in [-0.25, -0.2) is 14.2 Å². The van der Waals surface area contributed by atoms with Gasteiger partial charge in [-0.3, -0.25) is 9.69 Å². The van der Waals surface area contributed by atoms with Gasteiger partial charge in [0, 0.05) is 6.04 Å². The van der Waals surface area contributed by atoms with E-state index in [1.165, 1.54) is 16.0 Å². The van der Waals surface area contributed by atoms with Crippen LogP contribution in [0.2, 0.25) is 0 Å². The summed E-state index contributed by atoms with van der Waals surface area (Å²) in [5.41, 5.74) is 2.49. The van der Waals surface area contributed by atoms with Crippen LogP contribution < -0.4 is 5.32 Å². The molecule has 25 heavy (non-hydrogen) atoms. The van der Waals surface area contributed by atoms with Crippen molar-refractivity contribution in [2.24, 2.45) is 0 Å².